The second-order valence-corrected chi connectivity index (χ2v) is 7.04. The Kier molecular flexibility index (Phi) is 4.88. The van der Waals surface area contributed by atoms with Gasteiger partial charge in [0.2, 0.25) is 0 Å². The standard InChI is InChI=1S/C15H30N2O2/c1-13-8-17(10-14(2,3)19-13)11-15(9-16-4)6-5-7-18-12-15/h13,16H,5-12H2,1-4H3. The number of morpholine rings is 1. The molecular weight excluding hydrogens is 240 g/mol. The normalized spacial score (nSPS) is 36.3. The van der Waals surface area contributed by atoms with E-state index in [0.29, 0.717) is 6.10 Å². The molecule has 1 N–H and O–H groups in total. The van der Waals surface area contributed by atoms with E-state index in [0.717, 1.165) is 39.4 Å². The molecule has 2 fully saturated rings. The second-order valence-electron chi connectivity index (χ2n) is 7.04. The van der Waals surface area contributed by atoms with Crippen LogP contribution < -0.4 is 5.32 Å². The fourth-order valence-electron chi connectivity index (χ4n) is 3.79. The Hall–Kier alpha value is -0.160. The third-order valence-electron chi connectivity index (χ3n) is 4.15. The van der Waals surface area contributed by atoms with Gasteiger partial charge in [-0.2, -0.15) is 0 Å². The van der Waals surface area contributed by atoms with E-state index in [2.05, 4.69) is 31.0 Å². The zero-order valence-electron chi connectivity index (χ0n) is 13.0. The Morgan fingerprint density at radius 1 is 1.37 bits per heavy atom. The highest BCUT2D eigenvalue weighted by Crippen LogP contribution is 2.31. The third kappa shape index (κ3) is 4.15. The van der Waals surface area contributed by atoms with Crippen molar-refractivity contribution < 1.29 is 9.47 Å². The number of hydrogen-bond acceptors (Lipinski definition) is 4. The number of nitrogens with one attached hydrogen (secondary N) is 1. The number of rotatable bonds is 4. The smallest absolute Gasteiger partial charge is 0.0757 e. The molecule has 2 rings (SSSR count). The Morgan fingerprint density at radius 3 is 2.74 bits per heavy atom. The monoisotopic (exact) mass is 270 g/mol. The predicted octanol–water partition coefficient (Wildman–Crippen LogP) is 1.50. The van der Waals surface area contributed by atoms with Crippen LogP contribution in [0.3, 0.4) is 0 Å². The molecule has 0 aliphatic carbocycles. The summed E-state index contributed by atoms with van der Waals surface area (Å²) in [5.74, 6) is 0. The molecule has 0 amide bonds. The summed E-state index contributed by atoms with van der Waals surface area (Å²) >= 11 is 0. The lowest BCUT2D eigenvalue weighted by atomic mass is 9.81. The SMILES string of the molecule is CNCC1(CN2CC(C)OC(C)(C)C2)CCCOC1. The summed E-state index contributed by atoms with van der Waals surface area (Å²) < 4.78 is 11.8. The van der Waals surface area contributed by atoms with Gasteiger partial charge in [-0.15, -0.1) is 0 Å². The molecule has 0 bridgehead atoms. The van der Waals surface area contributed by atoms with Crippen LogP contribution in [0.1, 0.15) is 33.6 Å². The second kappa shape index (κ2) is 6.08. The van der Waals surface area contributed by atoms with Crippen molar-refractivity contribution in [3.05, 3.63) is 0 Å². The van der Waals surface area contributed by atoms with Crippen molar-refractivity contribution in [1.82, 2.24) is 10.2 Å². The van der Waals surface area contributed by atoms with E-state index < -0.39 is 0 Å². The lowest BCUT2D eigenvalue weighted by Crippen LogP contribution is -2.57. The van der Waals surface area contributed by atoms with Gasteiger partial charge in [0.05, 0.1) is 18.3 Å². The average molecular weight is 270 g/mol. The van der Waals surface area contributed by atoms with Crippen molar-refractivity contribution in [3.8, 4) is 0 Å². The molecule has 2 aliphatic heterocycles. The molecule has 0 radical (unpaired) electrons. The van der Waals surface area contributed by atoms with Crippen molar-refractivity contribution >= 4 is 0 Å². The fourth-order valence-corrected chi connectivity index (χ4v) is 3.79. The van der Waals surface area contributed by atoms with Crippen LogP contribution in [-0.4, -0.2) is 63.0 Å². The lowest BCUT2D eigenvalue weighted by Gasteiger charge is -2.47. The van der Waals surface area contributed by atoms with Gasteiger partial charge in [0, 0.05) is 38.2 Å². The Morgan fingerprint density at radius 2 is 2.16 bits per heavy atom. The maximum atomic E-state index is 6.00. The Bertz CT molecular complexity index is 282. The molecule has 112 valence electrons. The van der Waals surface area contributed by atoms with Crippen molar-refractivity contribution in [2.24, 2.45) is 5.41 Å². The molecular formula is C15H30N2O2. The first kappa shape index (κ1) is 15.2. The van der Waals surface area contributed by atoms with Crippen LogP contribution in [0.2, 0.25) is 0 Å². The molecule has 0 spiro atoms. The molecule has 19 heavy (non-hydrogen) atoms. The van der Waals surface area contributed by atoms with Crippen molar-refractivity contribution in [1.29, 1.82) is 0 Å². The largest absolute Gasteiger partial charge is 0.381 e. The highest BCUT2D eigenvalue weighted by molar-refractivity contribution is 4.91. The quantitative estimate of drug-likeness (QED) is 0.839. The summed E-state index contributed by atoms with van der Waals surface area (Å²) in [5, 5.41) is 3.36. The van der Waals surface area contributed by atoms with Crippen molar-refractivity contribution in [3.63, 3.8) is 0 Å². The molecule has 0 aromatic carbocycles. The maximum absolute atomic E-state index is 6.00. The summed E-state index contributed by atoms with van der Waals surface area (Å²) in [5.41, 5.74) is 0.244. The van der Waals surface area contributed by atoms with Crippen LogP contribution in [0.4, 0.5) is 0 Å². The number of ether oxygens (including phenoxy) is 2. The van der Waals surface area contributed by atoms with Gasteiger partial charge >= 0.3 is 0 Å². The first-order chi connectivity index (χ1) is 8.95. The predicted molar refractivity (Wildman–Crippen MR) is 77.5 cm³/mol. The Balaban J connectivity index is 2.00. The van der Waals surface area contributed by atoms with E-state index in [9.17, 15) is 0 Å². The van der Waals surface area contributed by atoms with Gasteiger partial charge in [0.25, 0.3) is 0 Å². The lowest BCUT2D eigenvalue weighted by molar-refractivity contribution is -0.141. The summed E-state index contributed by atoms with van der Waals surface area (Å²) in [6.07, 6.45) is 2.77. The molecule has 2 heterocycles. The van der Waals surface area contributed by atoms with Gasteiger partial charge in [0.1, 0.15) is 0 Å². The van der Waals surface area contributed by atoms with Crippen molar-refractivity contribution in [2.75, 3.05) is 46.4 Å². The molecule has 2 saturated heterocycles. The third-order valence-corrected chi connectivity index (χ3v) is 4.15. The maximum Gasteiger partial charge on any atom is 0.0757 e. The topological polar surface area (TPSA) is 33.7 Å². The zero-order valence-corrected chi connectivity index (χ0v) is 13.0. The molecule has 0 aromatic heterocycles. The molecule has 2 unspecified atom stereocenters. The van der Waals surface area contributed by atoms with Crippen LogP contribution >= 0.6 is 0 Å². The summed E-state index contributed by atoms with van der Waals surface area (Å²) in [4.78, 5) is 2.57. The van der Waals surface area contributed by atoms with E-state index in [1.807, 2.05) is 7.05 Å². The minimum atomic E-state index is -0.0337. The van der Waals surface area contributed by atoms with E-state index >= 15 is 0 Å². The molecule has 4 nitrogen and oxygen atoms in total. The highest BCUT2D eigenvalue weighted by atomic mass is 16.5. The van der Waals surface area contributed by atoms with Crippen LogP contribution in [0.15, 0.2) is 0 Å². The number of nitrogens with zero attached hydrogens (tertiary/aromatic N) is 1. The average Bonchev–Trinajstić information content (AvgIpc) is 2.27. The van der Waals surface area contributed by atoms with E-state index in [4.69, 9.17) is 9.47 Å². The minimum Gasteiger partial charge on any atom is -0.381 e. The van der Waals surface area contributed by atoms with Gasteiger partial charge < -0.3 is 14.8 Å². The number of hydrogen-bond donors (Lipinski definition) is 1. The van der Waals surface area contributed by atoms with E-state index in [1.165, 1.54) is 12.8 Å². The molecule has 0 aromatic rings. The van der Waals surface area contributed by atoms with Crippen LogP contribution in [-0.2, 0) is 9.47 Å². The molecule has 4 heteroatoms. The summed E-state index contributed by atoms with van der Waals surface area (Å²) in [6, 6.07) is 0. The van der Waals surface area contributed by atoms with Crippen LogP contribution in [0.25, 0.3) is 0 Å². The Labute approximate surface area is 117 Å². The van der Waals surface area contributed by atoms with Crippen LogP contribution in [0.5, 0.6) is 0 Å². The van der Waals surface area contributed by atoms with Gasteiger partial charge in [-0.3, -0.25) is 4.90 Å². The molecule has 0 saturated carbocycles. The molecule has 2 aliphatic rings. The molecule has 2 atom stereocenters. The van der Waals surface area contributed by atoms with Gasteiger partial charge in [-0.1, -0.05) is 0 Å². The highest BCUT2D eigenvalue weighted by Gasteiger charge is 2.38. The van der Waals surface area contributed by atoms with E-state index in [1.54, 1.807) is 0 Å². The van der Waals surface area contributed by atoms with Crippen LogP contribution in [0, 0.1) is 5.41 Å². The van der Waals surface area contributed by atoms with Gasteiger partial charge in [0.15, 0.2) is 0 Å². The first-order valence-electron chi connectivity index (χ1n) is 7.57. The fraction of sp³-hybridized carbons (Fsp3) is 1.00. The van der Waals surface area contributed by atoms with Crippen molar-refractivity contribution in [2.45, 2.75) is 45.3 Å². The summed E-state index contributed by atoms with van der Waals surface area (Å²) in [6.45, 7) is 12.6. The van der Waals surface area contributed by atoms with Gasteiger partial charge in [-0.05, 0) is 40.7 Å². The summed E-state index contributed by atoms with van der Waals surface area (Å²) in [7, 11) is 2.04. The van der Waals surface area contributed by atoms with Gasteiger partial charge in [-0.25, -0.2) is 0 Å². The van der Waals surface area contributed by atoms with E-state index in [-0.39, 0.29) is 11.0 Å². The first-order valence-corrected chi connectivity index (χ1v) is 7.57. The minimum absolute atomic E-state index is 0.0337. The zero-order chi connectivity index (χ0) is 13.9.